The Morgan fingerprint density at radius 1 is 1.22 bits per heavy atom. The van der Waals surface area contributed by atoms with Gasteiger partial charge in [-0.1, -0.05) is 67.6 Å². The first kappa shape index (κ1) is 20.7. The predicted molar refractivity (Wildman–Crippen MR) is 123 cm³/mol. The summed E-state index contributed by atoms with van der Waals surface area (Å²) >= 11 is 1.31. The first-order valence-corrected chi connectivity index (χ1v) is 11.4. The van der Waals surface area contributed by atoms with Crippen molar-refractivity contribution < 1.29 is 14.3 Å². The van der Waals surface area contributed by atoms with Gasteiger partial charge in [-0.05, 0) is 36.1 Å². The molecule has 3 aromatic rings. The third-order valence-electron chi connectivity index (χ3n) is 6.24. The molecule has 164 valence electrons. The van der Waals surface area contributed by atoms with Crippen molar-refractivity contribution in [2.24, 2.45) is 10.9 Å². The molecule has 0 aliphatic carbocycles. The van der Waals surface area contributed by atoms with E-state index in [0.29, 0.717) is 21.0 Å². The zero-order valence-corrected chi connectivity index (χ0v) is 19.2. The third kappa shape index (κ3) is 3.11. The van der Waals surface area contributed by atoms with Crippen molar-refractivity contribution in [1.82, 2.24) is 4.57 Å². The topological polar surface area (TPSA) is 69.9 Å². The number of carbonyl (C=O) groups is 1. The van der Waals surface area contributed by atoms with Crippen molar-refractivity contribution in [3.8, 4) is 5.75 Å². The predicted octanol–water partition coefficient (Wildman–Crippen LogP) is 2.98. The molecule has 2 bridgehead atoms. The second-order valence-electron chi connectivity index (χ2n) is 8.64. The number of hydrogen-bond acceptors (Lipinski definition) is 6. The molecule has 6 nitrogen and oxygen atoms in total. The van der Waals surface area contributed by atoms with Crippen LogP contribution in [0.25, 0.3) is 6.08 Å². The number of methoxy groups -OCH3 is 1. The van der Waals surface area contributed by atoms with Crippen molar-refractivity contribution >= 4 is 23.4 Å². The molecule has 0 radical (unpaired) electrons. The first-order valence-electron chi connectivity index (χ1n) is 10.6. The Balaban J connectivity index is 1.72. The summed E-state index contributed by atoms with van der Waals surface area (Å²) in [4.78, 5) is 31.7. The van der Waals surface area contributed by atoms with Crippen molar-refractivity contribution in [3.63, 3.8) is 0 Å². The summed E-state index contributed by atoms with van der Waals surface area (Å²) in [5.41, 5.74) is 1.65. The minimum absolute atomic E-state index is 0.167. The summed E-state index contributed by atoms with van der Waals surface area (Å²) in [5, 5.41) is 0. The SMILES string of the molecule is COC(=O)C1C2c3ccccc3O[C@]1(C)N=c1s/c(=C/c3ccc(C(C)C)cc3)c(=O)n12. The second-order valence-corrected chi connectivity index (χ2v) is 9.65. The molecule has 7 heteroatoms. The molecule has 0 saturated heterocycles. The Bertz CT molecular complexity index is 1390. The Morgan fingerprint density at radius 3 is 2.62 bits per heavy atom. The molecule has 0 fully saturated rings. The molecule has 0 spiro atoms. The summed E-state index contributed by atoms with van der Waals surface area (Å²) in [7, 11) is 1.35. The van der Waals surface area contributed by atoms with Gasteiger partial charge < -0.3 is 9.47 Å². The lowest BCUT2D eigenvalue weighted by Crippen LogP contribution is -2.58. The molecule has 0 amide bonds. The number of thiazole rings is 1. The van der Waals surface area contributed by atoms with Crippen LogP contribution >= 0.6 is 11.3 Å². The fraction of sp³-hybridized carbons (Fsp3) is 0.320. The van der Waals surface area contributed by atoms with Gasteiger partial charge in [-0.15, -0.1) is 0 Å². The normalized spacial score (nSPS) is 23.7. The largest absolute Gasteiger partial charge is 0.469 e. The van der Waals surface area contributed by atoms with Crippen LogP contribution in [0.4, 0.5) is 0 Å². The number of aromatic nitrogens is 1. The molecule has 3 heterocycles. The van der Waals surface area contributed by atoms with Crippen LogP contribution in [0, 0.1) is 5.92 Å². The van der Waals surface area contributed by atoms with E-state index in [9.17, 15) is 9.59 Å². The van der Waals surface area contributed by atoms with Crippen LogP contribution in [0.5, 0.6) is 5.75 Å². The average Bonchev–Trinajstić information content (AvgIpc) is 3.06. The van der Waals surface area contributed by atoms with E-state index in [1.165, 1.54) is 24.0 Å². The number of carbonyl (C=O) groups excluding carboxylic acids is 1. The van der Waals surface area contributed by atoms with Gasteiger partial charge in [0.05, 0.1) is 17.7 Å². The molecular formula is C25H24N2O4S. The van der Waals surface area contributed by atoms with Crippen LogP contribution in [0.15, 0.2) is 58.3 Å². The molecule has 0 N–H and O–H groups in total. The maximum Gasteiger partial charge on any atom is 0.317 e. The lowest BCUT2D eigenvalue weighted by atomic mass is 9.81. The van der Waals surface area contributed by atoms with Gasteiger partial charge in [0, 0.05) is 5.56 Å². The van der Waals surface area contributed by atoms with E-state index in [-0.39, 0.29) is 5.56 Å². The highest BCUT2D eigenvalue weighted by Gasteiger charge is 2.55. The number of ether oxygens (including phenoxy) is 2. The number of hydrogen-bond donors (Lipinski definition) is 0. The number of rotatable bonds is 3. The molecule has 1 aromatic heterocycles. The van der Waals surface area contributed by atoms with E-state index in [1.807, 2.05) is 42.5 Å². The van der Waals surface area contributed by atoms with Gasteiger partial charge in [0.1, 0.15) is 11.7 Å². The standard InChI is InChI=1S/C25H24N2O4S/c1-14(2)16-11-9-15(10-12-16)13-19-22(28)27-21-17-7-5-6-8-18(17)31-25(3,26-24(27)32-19)20(21)23(29)30-4/h5-14,20-21H,1-4H3/b19-13+/t20?,21?,25-/m0/s1. The van der Waals surface area contributed by atoms with Gasteiger partial charge in [0.2, 0.25) is 5.72 Å². The van der Waals surface area contributed by atoms with E-state index >= 15 is 0 Å². The first-order chi connectivity index (χ1) is 15.3. The molecule has 0 saturated carbocycles. The molecule has 2 aromatic carbocycles. The fourth-order valence-corrected chi connectivity index (χ4v) is 5.66. The van der Waals surface area contributed by atoms with E-state index in [1.54, 1.807) is 11.5 Å². The van der Waals surface area contributed by atoms with Gasteiger partial charge in [0.25, 0.3) is 5.56 Å². The maximum atomic E-state index is 13.6. The smallest absolute Gasteiger partial charge is 0.317 e. The molecule has 2 unspecified atom stereocenters. The van der Waals surface area contributed by atoms with Gasteiger partial charge in [0.15, 0.2) is 4.80 Å². The van der Waals surface area contributed by atoms with Crippen molar-refractivity contribution in [2.75, 3.05) is 7.11 Å². The van der Waals surface area contributed by atoms with Crippen molar-refractivity contribution in [3.05, 3.63) is 84.9 Å². The number of fused-ring (bicyclic) bond motifs is 6. The number of esters is 1. The average molecular weight is 449 g/mol. The third-order valence-corrected chi connectivity index (χ3v) is 7.22. The summed E-state index contributed by atoms with van der Waals surface area (Å²) in [6.07, 6.45) is 1.88. The van der Waals surface area contributed by atoms with Crippen molar-refractivity contribution in [1.29, 1.82) is 0 Å². The molecule has 2 aliphatic rings. The molecular weight excluding hydrogens is 424 g/mol. The minimum atomic E-state index is -1.15. The van der Waals surface area contributed by atoms with Gasteiger partial charge in [-0.25, -0.2) is 4.99 Å². The summed E-state index contributed by atoms with van der Waals surface area (Å²) in [5.74, 6) is -0.143. The molecule has 5 rings (SSSR count). The lowest BCUT2D eigenvalue weighted by Gasteiger charge is -2.44. The number of nitrogens with zero attached hydrogens (tertiary/aromatic N) is 2. The van der Waals surface area contributed by atoms with E-state index < -0.39 is 23.7 Å². The highest BCUT2D eigenvalue weighted by molar-refractivity contribution is 7.07. The second kappa shape index (κ2) is 7.45. The summed E-state index contributed by atoms with van der Waals surface area (Å²) in [6, 6.07) is 15.1. The zero-order chi connectivity index (χ0) is 22.6. The summed E-state index contributed by atoms with van der Waals surface area (Å²) < 4.78 is 13.5. The van der Waals surface area contributed by atoms with Crippen LogP contribution in [0.2, 0.25) is 0 Å². The number of benzene rings is 2. The fourth-order valence-electron chi connectivity index (χ4n) is 4.56. The van der Waals surface area contributed by atoms with E-state index in [2.05, 4.69) is 26.0 Å². The Hall–Kier alpha value is -3.19. The van der Waals surface area contributed by atoms with Crippen LogP contribution < -0.4 is 19.6 Å². The van der Waals surface area contributed by atoms with Gasteiger partial charge in [-0.3, -0.25) is 14.2 Å². The van der Waals surface area contributed by atoms with Gasteiger partial charge in [-0.2, -0.15) is 0 Å². The molecule has 3 atom stereocenters. The molecule has 32 heavy (non-hydrogen) atoms. The zero-order valence-electron chi connectivity index (χ0n) is 18.4. The number of para-hydroxylation sites is 1. The molecule has 2 aliphatic heterocycles. The summed E-state index contributed by atoms with van der Waals surface area (Å²) in [6.45, 7) is 6.07. The van der Waals surface area contributed by atoms with E-state index in [0.717, 1.165) is 11.1 Å². The maximum absolute atomic E-state index is 13.6. The van der Waals surface area contributed by atoms with Crippen molar-refractivity contribution in [2.45, 2.75) is 38.5 Å². The van der Waals surface area contributed by atoms with Crippen LogP contribution in [-0.4, -0.2) is 23.4 Å². The highest BCUT2D eigenvalue weighted by Crippen LogP contribution is 2.47. The van der Waals surface area contributed by atoms with Crippen LogP contribution in [0.1, 0.15) is 49.4 Å². The lowest BCUT2D eigenvalue weighted by molar-refractivity contribution is -0.158. The Kier molecular flexibility index (Phi) is 4.82. The minimum Gasteiger partial charge on any atom is -0.469 e. The quantitative estimate of drug-likeness (QED) is 0.578. The van der Waals surface area contributed by atoms with Crippen LogP contribution in [-0.2, 0) is 9.53 Å². The van der Waals surface area contributed by atoms with E-state index in [4.69, 9.17) is 14.5 Å². The Labute approximate surface area is 189 Å². The monoisotopic (exact) mass is 448 g/mol. The highest BCUT2D eigenvalue weighted by atomic mass is 32.1. The van der Waals surface area contributed by atoms with Crippen LogP contribution in [0.3, 0.4) is 0 Å². The van der Waals surface area contributed by atoms with Gasteiger partial charge >= 0.3 is 5.97 Å². The Morgan fingerprint density at radius 2 is 1.94 bits per heavy atom.